The van der Waals surface area contributed by atoms with Crippen LogP contribution in [0.5, 0.6) is 0 Å². The molecule has 1 fully saturated rings. The lowest BCUT2D eigenvalue weighted by atomic mass is 9.88. The monoisotopic (exact) mass is 436 g/mol. The Balaban J connectivity index is 0.00000192. The molecule has 0 saturated heterocycles. The predicted molar refractivity (Wildman–Crippen MR) is 101 cm³/mol. The molecule has 2 aliphatic carbocycles. The van der Waals surface area contributed by atoms with Crippen LogP contribution < -0.4 is 21.5 Å². The Morgan fingerprint density at radius 1 is 0.929 bits per heavy atom. The lowest BCUT2D eigenvalue weighted by Gasteiger charge is -2.24. The highest BCUT2D eigenvalue weighted by Crippen LogP contribution is 2.37. The first-order valence-electron chi connectivity index (χ1n) is 9.54. The number of carbonyl (C=O) groups excluding carboxylic acids is 2. The topological polar surface area (TPSA) is 43.0 Å². The van der Waals surface area contributed by atoms with E-state index in [1.807, 2.05) is 41.8 Å². The van der Waals surface area contributed by atoms with Gasteiger partial charge in [-0.15, -0.1) is 0 Å². The lowest BCUT2D eigenvalue weighted by molar-refractivity contribution is -0.695. The van der Waals surface area contributed by atoms with Crippen LogP contribution in [-0.2, 0) is 6.54 Å². The van der Waals surface area contributed by atoms with Crippen LogP contribution in [0, 0.1) is 6.92 Å². The number of hydrogen-bond donors (Lipinski definition) is 0. The molecule has 0 bridgehead atoms. The van der Waals surface area contributed by atoms with E-state index in [9.17, 15) is 9.59 Å². The number of imidazole rings is 1. The first kappa shape index (κ1) is 18.8. The summed E-state index contributed by atoms with van der Waals surface area (Å²) in [6.45, 7) is 2.63. The van der Waals surface area contributed by atoms with Gasteiger partial charge in [-0.2, -0.15) is 0 Å². The summed E-state index contributed by atoms with van der Waals surface area (Å²) in [5.74, 6) is 0.919. The van der Waals surface area contributed by atoms with Crippen molar-refractivity contribution in [3.05, 3.63) is 88.5 Å². The van der Waals surface area contributed by atoms with Crippen molar-refractivity contribution in [1.29, 1.82) is 0 Å². The lowest BCUT2D eigenvalue weighted by Crippen LogP contribution is -3.00. The van der Waals surface area contributed by atoms with Gasteiger partial charge in [0.25, 0.3) is 5.82 Å². The van der Waals surface area contributed by atoms with E-state index >= 15 is 0 Å². The Morgan fingerprint density at radius 3 is 2.14 bits per heavy atom. The molecular formula is C23H21BrN2O2. The minimum absolute atomic E-state index is 0. The third-order valence-corrected chi connectivity index (χ3v) is 5.94. The normalized spacial score (nSPS) is 15.5. The molecule has 28 heavy (non-hydrogen) atoms. The number of fused-ring (bicyclic) bond motifs is 2. The molecule has 2 aromatic carbocycles. The Hall–Kier alpha value is -2.53. The molecule has 1 aromatic heterocycles. The summed E-state index contributed by atoms with van der Waals surface area (Å²) >= 11 is 0. The highest BCUT2D eigenvalue weighted by atomic mass is 79.9. The van der Waals surface area contributed by atoms with Gasteiger partial charge in [-0.05, 0) is 24.8 Å². The quantitative estimate of drug-likeness (QED) is 0.442. The van der Waals surface area contributed by atoms with Crippen molar-refractivity contribution in [2.24, 2.45) is 0 Å². The average molecular weight is 437 g/mol. The van der Waals surface area contributed by atoms with Crippen LogP contribution in [0.2, 0.25) is 0 Å². The zero-order chi connectivity index (χ0) is 18.5. The van der Waals surface area contributed by atoms with Crippen molar-refractivity contribution in [3.63, 3.8) is 0 Å². The number of hydrogen-bond acceptors (Lipinski definition) is 2. The number of nitrogens with zero attached hydrogens (tertiary/aromatic N) is 2. The summed E-state index contributed by atoms with van der Waals surface area (Å²) in [5, 5.41) is 0. The van der Waals surface area contributed by atoms with Crippen LogP contribution in [0.15, 0.2) is 54.6 Å². The van der Waals surface area contributed by atoms with Crippen LogP contribution in [0.1, 0.15) is 68.8 Å². The maximum Gasteiger partial charge on any atom is 0.254 e. The molecule has 1 saturated carbocycles. The van der Waals surface area contributed by atoms with Crippen molar-refractivity contribution < 1.29 is 31.1 Å². The second-order valence-corrected chi connectivity index (χ2v) is 7.47. The van der Waals surface area contributed by atoms with Gasteiger partial charge in [-0.3, -0.25) is 9.59 Å². The van der Waals surface area contributed by atoms with E-state index in [-0.39, 0.29) is 28.5 Å². The molecule has 2 aliphatic rings. The second-order valence-electron chi connectivity index (χ2n) is 7.47. The minimum Gasteiger partial charge on any atom is -1.00 e. The van der Waals surface area contributed by atoms with Crippen molar-refractivity contribution in [2.75, 3.05) is 0 Å². The van der Waals surface area contributed by atoms with E-state index < -0.39 is 0 Å². The van der Waals surface area contributed by atoms with Crippen LogP contribution in [0.3, 0.4) is 0 Å². The van der Waals surface area contributed by atoms with Crippen molar-refractivity contribution in [1.82, 2.24) is 4.57 Å². The zero-order valence-electron chi connectivity index (χ0n) is 15.7. The fourth-order valence-electron chi connectivity index (χ4n) is 4.33. The molecule has 0 spiro atoms. The maximum atomic E-state index is 13.4. The molecule has 142 valence electrons. The molecular weight excluding hydrogens is 416 g/mol. The van der Waals surface area contributed by atoms with Crippen LogP contribution in [0.25, 0.3) is 0 Å². The summed E-state index contributed by atoms with van der Waals surface area (Å²) in [6.07, 6.45) is 3.31. The molecule has 0 atom stereocenters. The van der Waals surface area contributed by atoms with Crippen molar-refractivity contribution in [3.8, 4) is 0 Å². The largest absolute Gasteiger partial charge is 1.00 e. The van der Waals surface area contributed by atoms with Gasteiger partial charge in [0.05, 0.1) is 0 Å². The average Bonchev–Trinajstić information content (AvgIpc) is 2.93. The second kappa shape index (κ2) is 7.13. The summed E-state index contributed by atoms with van der Waals surface area (Å²) in [4.78, 5) is 26.7. The number of benzene rings is 2. The van der Waals surface area contributed by atoms with Gasteiger partial charge < -0.3 is 17.0 Å². The van der Waals surface area contributed by atoms with E-state index in [2.05, 4.69) is 16.7 Å². The molecule has 3 aromatic rings. The van der Waals surface area contributed by atoms with Gasteiger partial charge in [0.15, 0.2) is 0 Å². The Bertz CT molecular complexity index is 1080. The maximum absolute atomic E-state index is 13.4. The first-order valence-corrected chi connectivity index (χ1v) is 9.54. The van der Waals surface area contributed by atoms with Gasteiger partial charge in [-0.1, -0.05) is 54.6 Å². The van der Waals surface area contributed by atoms with E-state index in [1.54, 1.807) is 12.1 Å². The smallest absolute Gasteiger partial charge is 0.254 e. The van der Waals surface area contributed by atoms with Crippen molar-refractivity contribution in [2.45, 2.75) is 38.8 Å². The van der Waals surface area contributed by atoms with E-state index in [0.717, 1.165) is 24.2 Å². The highest BCUT2D eigenvalue weighted by Gasteiger charge is 2.45. The van der Waals surface area contributed by atoms with Gasteiger partial charge in [0.2, 0.25) is 23.0 Å². The Kier molecular flexibility index (Phi) is 4.79. The Morgan fingerprint density at radius 2 is 1.54 bits per heavy atom. The summed E-state index contributed by atoms with van der Waals surface area (Å²) in [7, 11) is 0. The SMILES string of the molecule is Cc1n(C2CCC2)c2c([n+]1Cc1ccccc1)C(=O)c1ccccc1C2=O.[Br-]. The van der Waals surface area contributed by atoms with Crippen LogP contribution in [-0.4, -0.2) is 16.1 Å². The standard InChI is InChI=1S/C23H21N2O2.BrH/c1-15-24(14-16-8-3-2-4-9-16)20-21(25(15)17-10-7-11-17)23(27)19-13-6-5-12-18(19)22(20)26;/h2-6,8-9,12-13,17H,7,10-11,14H2,1H3;1H/q+1;/p-1. The Labute approximate surface area is 174 Å². The first-order chi connectivity index (χ1) is 13.2. The molecule has 0 N–H and O–H groups in total. The fourth-order valence-corrected chi connectivity index (χ4v) is 4.33. The summed E-state index contributed by atoms with van der Waals surface area (Å²) < 4.78 is 4.18. The van der Waals surface area contributed by atoms with Gasteiger partial charge in [0, 0.05) is 18.1 Å². The van der Waals surface area contributed by atoms with Crippen LogP contribution in [0.4, 0.5) is 0 Å². The number of rotatable bonds is 3. The number of carbonyl (C=O) groups is 2. The molecule has 1 heterocycles. The predicted octanol–water partition coefficient (Wildman–Crippen LogP) is 0.637. The molecule has 5 heteroatoms. The number of ketones is 2. The third kappa shape index (κ3) is 2.68. The number of aromatic nitrogens is 2. The third-order valence-electron chi connectivity index (χ3n) is 5.94. The molecule has 5 rings (SSSR count). The molecule has 0 unspecified atom stereocenters. The van der Waals surface area contributed by atoms with E-state index in [1.165, 1.54) is 6.42 Å². The molecule has 4 nitrogen and oxygen atoms in total. The molecule has 0 radical (unpaired) electrons. The van der Waals surface area contributed by atoms with Gasteiger partial charge >= 0.3 is 0 Å². The van der Waals surface area contributed by atoms with Gasteiger partial charge in [-0.25, -0.2) is 9.13 Å². The van der Waals surface area contributed by atoms with E-state index in [4.69, 9.17) is 0 Å². The summed E-state index contributed by atoms with van der Waals surface area (Å²) in [6, 6.07) is 17.6. The molecule has 0 amide bonds. The van der Waals surface area contributed by atoms with Gasteiger partial charge in [0.1, 0.15) is 12.6 Å². The molecule has 0 aliphatic heterocycles. The minimum atomic E-state index is -0.0442. The zero-order valence-corrected chi connectivity index (χ0v) is 17.3. The van der Waals surface area contributed by atoms with Crippen molar-refractivity contribution >= 4 is 11.6 Å². The summed E-state index contributed by atoms with van der Waals surface area (Å²) in [5.41, 5.74) is 3.30. The van der Waals surface area contributed by atoms with E-state index in [0.29, 0.717) is 35.1 Å². The highest BCUT2D eigenvalue weighted by molar-refractivity contribution is 6.26. The van der Waals surface area contributed by atoms with Crippen LogP contribution >= 0.6 is 0 Å². The fraction of sp³-hybridized carbons (Fsp3) is 0.261. The number of halogens is 1.